The maximum Gasteiger partial charge on any atom is 0.227 e. The van der Waals surface area contributed by atoms with Crippen molar-refractivity contribution in [3.05, 3.63) is 0 Å². The Balaban J connectivity index is 3.32. The zero-order chi connectivity index (χ0) is 11.5. The average Bonchev–Trinajstić information content (AvgIpc) is 2.23. The molecule has 0 aliphatic carbocycles. The lowest BCUT2D eigenvalue weighted by Crippen LogP contribution is -2.29. The Labute approximate surface area is 89.5 Å². The van der Waals surface area contributed by atoms with Crippen molar-refractivity contribution in [1.29, 1.82) is 0 Å². The fourth-order valence-electron chi connectivity index (χ4n) is 0.911. The van der Waals surface area contributed by atoms with Gasteiger partial charge in [0, 0.05) is 19.8 Å². The van der Waals surface area contributed by atoms with Crippen molar-refractivity contribution >= 4 is 11.7 Å². The van der Waals surface area contributed by atoms with Crippen LogP contribution in [0.4, 0.5) is 0 Å². The molecule has 0 radical (unpaired) electrons. The molecule has 4 N–H and O–H groups in total. The Bertz CT molecular complexity index is 207. The molecule has 15 heavy (non-hydrogen) atoms. The van der Waals surface area contributed by atoms with Crippen molar-refractivity contribution in [3.63, 3.8) is 0 Å². The molecule has 0 aliphatic rings. The number of ether oxygens (including phenoxy) is 1. The fraction of sp³-hybridized carbons (Fsp3) is 0.778. The van der Waals surface area contributed by atoms with Crippen LogP contribution in [0.15, 0.2) is 5.16 Å². The Kier molecular flexibility index (Phi) is 8.46. The highest BCUT2D eigenvalue weighted by atomic mass is 16.5. The van der Waals surface area contributed by atoms with E-state index in [1.165, 1.54) is 0 Å². The zero-order valence-corrected chi connectivity index (χ0v) is 9.03. The Morgan fingerprint density at radius 2 is 2.27 bits per heavy atom. The average molecular weight is 217 g/mol. The second kappa shape index (κ2) is 9.26. The van der Waals surface area contributed by atoms with Crippen LogP contribution in [0.2, 0.25) is 0 Å². The molecule has 0 rings (SSSR count). The van der Waals surface area contributed by atoms with Crippen LogP contribution in [-0.4, -0.2) is 36.7 Å². The predicted octanol–water partition coefficient (Wildman–Crippen LogP) is 0.0558. The molecule has 0 saturated heterocycles. The van der Waals surface area contributed by atoms with Gasteiger partial charge in [-0.25, -0.2) is 0 Å². The molecule has 88 valence electrons. The molecule has 0 aromatic rings. The number of hydrogen-bond donors (Lipinski definition) is 3. The number of nitrogens with two attached hydrogens (primary N) is 1. The topological polar surface area (TPSA) is 96.9 Å². The first-order valence-electron chi connectivity index (χ1n) is 5.01. The minimum absolute atomic E-state index is 0.0771. The van der Waals surface area contributed by atoms with Gasteiger partial charge in [-0.1, -0.05) is 12.1 Å². The summed E-state index contributed by atoms with van der Waals surface area (Å²) >= 11 is 0. The predicted molar refractivity (Wildman–Crippen MR) is 56.8 cm³/mol. The first kappa shape index (κ1) is 13.7. The quantitative estimate of drug-likeness (QED) is 0.176. The maximum absolute atomic E-state index is 11.1. The standard InChI is InChI=1S/C9H19N3O3/c1-2-5-15-6-3-4-11-9(13)7-8(10)12-14/h14H,2-7H2,1H3,(H2,10,12)(H,11,13). The number of nitrogens with one attached hydrogen (secondary N) is 1. The largest absolute Gasteiger partial charge is 0.409 e. The zero-order valence-electron chi connectivity index (χ0n) is 9.03. The van der Waals surface area contributed by atoms with E-state index in [1.807, 2.05) is 6.92 Å². The summed E-state index contributed by atoms with van der Waals surface area (Å²) in [6, 6.07) is 0. The highest BCUT2D eigenvalue weighted by Crippen LogP contribution is 1.85. The second-order valence-corrected chi connectivity index (χ2v) is 3.08. The number of nitrogens with zero attached hydrogens (tertiary/aromatic N) is 1. The molecule has 0 unspecified atom stereocenters. The van der Waals surface area contributed by atoms with E-state index in [4.69, 9.17) is 15.7 Å². The van der Waals surface area contributed by atoms with Gasteiger partial charge in [0.15, 0.2) is 0 Å². The monoisotopic (exact) mass is 217 g/mol. The van der Waals surface area contributed by atoms with E-state index in [1.54, 1.807) is 0 Å². The molecule has 0 bridgehead atoms. The minimum Gasteiger partial charge on any atom is -0.409 e. The molecule has 1 amide bonds. The first-order chi connectivity index (χ1) is 7.20. The van der Waals surface area contributed by atoms with Crippen LogP contribution in [0.5, 0.6) is 0 Å². The number of hydrogen-bond acceptors (Lipinski definition) is 4. The van der Waals surface area contributed by atoms with Crippen LogP contribution in [-0.2, 0) is 9.53 Å². The summed E-state index contributed by atoms with van der Waals surface area (Å²) in [5.41, 5.74) is 5.16. The Morgan fingerprint density at radius 1 is 1.53 bits per heavy atom. The van der Waals surface area contributed by atoms with Crippen LogP contribution >= 0.6 is 0 Å². The smallest absolute Gasteiger partial charge is 0.227 e. The van der Waals surface area contributed by atoms with Crippen LogP contribution in [0.3, 0.4) is 0 Å². The molecular weight excluding hydrogens is 198 g/mol. The molecule has 6 nitrogen and oxygen atoms in total. The third kappa shape index (κ3) is 9.01. The van der Waals surface area contributed by atoms with Crippen LogP contribution < -0.4 is 11.1 Å². The summed E-state index contributed by atoms with van der Waals surface area (Å²) in [7, 11) is 0. The van der Waals surface area contributed by atoms with Crippen molar-refractivity contribution < 1.29 is 14.7 Å². The molecule has 0 atom stereocenters. The number of carbonyl (C=O) groups excluding carboxylic acids is 1. The van der Waals surface area contributed by atoms with Gasteiger partial charge in [0.1, 0.15) is 5.84 Å². The van der Waals surface area contributed by atoms with E-state index >= 15 is 0 Å². The van der Waals surface area contributed by atoms with E-state index in [2.05, 4.69) is 10.5 Å². The van der Waals surface area contributed by atoms with Crippen molar-refractivity contribution in [1.82, 2.24) is 5.32 Å². The van der Waals surface area contributed by atoms with Gasteiger partial charge < -0.3 is 21.0 Å². The fourth-order valence-corrected chi connectivity index (χ4v) is 0.911. The molecule has 0 heterocycles. The van der Waals surface area contributed by atoms with E-state index in [-0.39, 0.29) is 18.2 Å². The van der Waals surface area contributed by atoms with Gasteiger partial charge in [-0.05, 0) is 12.8 Å². The van der Waals surface area contributed by atoms with Crippen LogP contribution in [0.25, 0.3) is 0 Å². The summed E-state index contributed by atoms with van der Waals surface area (Å²) in [5.74, 6) is -0.337. The molecule has 0 saturated carbocycles. The summed E-state index contributed by atoms with van der Waals surface area (Å²) in [4.78, 5) is 11.1. The molecule has 0 fully saturated rings. The lowest BCUT2D eigenvalue weighted by Gasteiger charge is -2.04. The van der Waals surface area contributed by atoms with Crippen molar-refractivity contribution in [3.8, 4) is 0 Å². The Hall–Kier alpha value is -1.30. The molecule has 0 aliphatic heterocycles. The number of carbonyl (C=O) groups is 1. The molecular formula is C9H19N3O3. The number of rotatable bonds is 8. The van der Waals surface area contributed by atoms with Crippen molar-refractivity contribution in [2.75, 3.05) is 19.8 Å². The highest BCUT2D eigenvalue weighted by Gasteiger charge is 2.03. The molecule has 0 spiro atoms. The van der Waals surface area contributed by atoms with Crippen molar-refractivity contribution in [2.45, 2.75) is 26.2 Å². The summed E-state index contributed by atoms with van der Waals surface area (Å²) in [6.07, 6.45) is 1.68. The SMILES string of the molecule is CCCOCCCNC(=O)CC(N)=NO. The minimum atomic E-state index is -0.249. The van der Waals surface area contributed by atoms with E-state index in [0.29, 0.717) is 13.2 Å². The van der Waals surface area contributed by atoms with Gasteiger partial charge in [-0.3, -0.25) is 4.79 Å². The van der Waals surface area contributed by atoms with Crippen LogP contribution in [0, 0.1) is 0 Å². The summed E-state index contributed by atoms with van der Waals surface area (Å²) in [5, 5.41) is 13.6. The second-order valence-electron chi connectivity index (χ2n) is 3.08. The molecule has 0 aromatic heterocycles. The lowest BCUT2D eigenvalue weighted by molar-refractivity contribution is -0.119. The van der Waals surface area contributed by atoms with Crippen molar-refractivity contribution in [2.24, 2.45) is 10.9 Å². The lowest BCUT2D eigenvalue weighted by atomic mass is 10.3. The number of amides is 1. The molecule has 6 heteroatoms. The molecule has 0 aromatic carbocycles. The third-order valence-corrected chi connectivity index (χ3v) is 1.61. The maximum atomic E-state index is 11.1. The van der Waals surface area contributed by atoms with E-state index < -0.39 is 0 Å². The van der Waals surface area contributed by atoms with E-state index in [0.717, 1.165) is 19.4 Å². The van der Waals surface area contributed by atoms with Gasteiger partial charge >= 0.3 is 0 Å². The first-order valence-corrected chi connectivity index (χ1v) is 5.01. The van der Waals surface area contributed by atoms with Gasteiger partial charge in [0.25, 0.3) is 0 Å². The number of oxime groups is 1. The van der Waals surface area contributed by atoms with E-state index in [9.17, 15) is 4.79 Å². The van der Waals surface area contributed by atoms with Gasteiger partial charge in [-0.2, -0.15) is 0 Å². The van der Waals surface area contributed by atoms with Gasteiger partial charge in [0.2, 0.25) is 5.91 Å². The Morgan fingerprint density at radius 3 is 2.87 bits per heavy atom. The van der Waals surface area contributed by atoms with Gasteiger partial charge in [-0.15, -0.1) is 0 Å². The normalized spacial score (nSPS) is 11.4. The van der Waals surface area contributed by atoms with Gasteiger partial charge in [0.05, 0.1) is 6.42 Å². The number of amidine groups is 1. The highest BCUT2D eigenvalue weighted by molar-refractivity contribution is 5.98. The summed E-state index contributed by atoms with van der Waals surface area (Å²) < 4.78 is 5.23. The third-order valence-electron chi connectivity index (χ3n) is 1.61. The van der Waals surface area contributed by atoms with Crippen LogP contribution in [0.1, 0.15) is 26.2 Å². The summed E-state index contributed by atoms with van der Waals surface area (Å²) in [6.45, 7) is 3.97.